The highest BCUT2D eigenvalue weighted by Gasteiger charge is 2.34. The molecule has 0 aromatic carbocycles. The number of nitrogens with one attached hydrogen (secondary N) is 1. The normalized spacial score (nSPS) is 17.0. The van der Waals surface area contributed by atoms with E-state index in [-0.39, 0.29) is 5.97 Å². The second-order valence-corrected chi connectivity index (χ2v) is 5.00. The molecule has 7 heteroatoms. The van der Waals surface area contributed by atoms with E-state index in [1.165, 1.54) is 0 Å². The summed E-state index contributed by atoms with van der Waals surface area (Å²) in [6, 6.07) is 3.35. The van der Waals surface area contributed by atoms with E-state index in [1.807, 2.05) is 26.0 Å². The largest absolute Gasteiger partial charge is 0.463 e. The second-order valence-electron chi connectivity index (χ2n) is 5.00. The molecule has 0 unspecified atom stereocenters. The summed E-state index contributed by atoms with van der Waals surface area (Å²) in [6.45, 7) is 5.75. The molecule has 7 nitrogen and oxygen atoms in total. The van der Waals surface area contributed by atoms with Gasteiger partial charge in [0.15, 0.2) is 0 Å². The van der Waals surface area contributed by atoms with Gasteiger partial charge in [0.25, 0.3) is 0 Å². The molecular weight excluding hydrogens is 282 g/mol. The number of anilines is 1. The average Bonchev–Trinajstić information content (AvgIpc) is 2.86. The van der Waals surface area contributed by atoms with Crippen molar-refractivity contribution in [2.75, 3.05) is 11.9 Å². The minimum absolute atomic E-state index is 0.318. The molecule has 0 aliphatic carbocycles. The van der Waals surface area contributed by atoms with Crippen molar-refractivity contribution in [2.24, 2.45) is 0 Å². The molecule has 0 saturated heterocycles. The van der Waals surface area contributed by atoms with Crippen LogP contribution in [0.15, 0.2) is 35.8 Å². The van der Waals surface area contributed by atoms with E-state index in [9.17, 15) is 4.79 Å². The van der Waals surface area contributed by atoms with Gasteiger partial charge in [-0.2, -0.15) is 10.1 Å². The van der Waals surface area contributed by atoms with E-state index in [0.29, 0.717) is 29.6 Å². The van der Waals surface area contributed by atoms with Gasteiger partial charge in [0.05, 0.1) is 12.2 Å². The molecule has 0 spiro atoms. The fourth-order valence-electron chi connectivity index (χ4n) is 2.58. The summed E-state index contributed by atoms with van der Waals surface area (Å²) < 4.78 is 6.91. The lowest BCUT2D eigenvalue weighted by atomic mass is 9.97. The number of hydrogen-bond donors (Lipinski definition) is 1. The number of aromatic nitrogens is 4. The van der Waals surface area contributed by atoms with Gasteiger partial charge in [0.2, 0.25) is 5.95 Å². The summed E-state index contributed by atoms with van der Waals surface area (Å²) in [6.07, 6.45) is 3.42. The number of pyridine rings is 1. The van der Waals surface area contributed by atoms with Gasteiger partial charge in [-0.05, 0) is 32.4 Å². The van der Waals surface area contributed by atoms with Crippen molar-refractivity contribution in [3.05, 3.63) is 47.2 Å². The fraction of sp³-hybridized carbons (Fsp3) is 0.333. The molecule has 1 atom stereocenters. The third kappa shape index (κ3) is 2.34. The number of esters is 1. The molecule has 1 N–H and O–H groups in total. The second kappa shape index (κ2) is 5.59. The molecule has 1 aliphatic heterocycles. The number of allylic oxidation sites excluding steroid dienone is 1. The maximum Gasteiger partial charge on any atom is 0.338 e. The Kier molecular flexibility index (Phi) is 3.62. The van der Waals surface area contributed by atoms with Crippen LogP contribution in [-0.4, -0.2) is 32.3 Å². The molecule has 3 heterocycles. The lowest BCUT2D eigenvalue weighted by Gasteiger charge is -2.27. The van der Waals surface area contributed by atoms with Crippen LogP contribution in [0.3, 0.4) is 0 Å². The fourth-order valence-corrected chi connectivity index (χ4v) is 2.58. The highest BCUT2D eigenvalue weighted by Crippen LogP contribution is 2.35. The van der Waals surface area contributed by atoms with Crippen molar-refractivity contribution in [3.63, 3.8) is 0 Å². The van der Waals surface area contributed by atoms with Crippen LogP contribution in [0.25, 0.3) is 0 Å². The van der Waals surface area contributed by atoms with E-state index < -0.39 is 6.04 Å². The van der Waals surface area contributed by atoms with Gasteiger partial charge in [-0.15, -0.1) is 0 Å². The molecule has 0 radical (unpaired) electrons. The maximum atomic E-state index is 12.4. The van der Waals surface area contributed by atoms with Crippen molar-refractivity contribution >= 4 is 11.9 Å². The number of rotatable bonds is 3. The summed E-state index contributed by atoms with van der Waals surface area (Å²) in [5, 5.41) is 7.53. The van der Waals surface area contributed by atoms with Crippen molar-refractivity contribution in [1.82, 2.24) is 19.7 Å². The summed E-state index contributed by atoms with van der Waals surface area (Å²) in [7, 11) is 0. The number of aryl methyl sites for hydroxylation is 1. The number of carbonyl (C=O) groups excluding carboxylic acids is 1. The van der Waals surface area contributed by atoms with Gasteiger partial charge in [0.1, 0.15) is 11.9 Å². The van der Waals surface area contributed by atoms with Gasteiger partial charge < -0.3 is 10.1 Å². The predicted molar refractivity (Wildman–Crippen MR) is 80.1 cm³/mol. The van der Waals surface area contributed by atoms with Crippen molar-refractivity contribution < 1.29 is 9.53 Å². The highest BCUT2D eigenvalue weighted by molar-refractivity contribution is 5.92. The highest BCUT2D eigenvalue weighted by atomic mass is 16.5. The molecule has 0 bridgehead atoms. The van der Waals surface area contributed by atoms with Crippen LogP contribution in [0.4, 0.5) is 5.95 Å². The van der Waals surface area contributed by atoms with E-state index in [0.717, 1.165) is 5.56 Å². The summed E-state index contributed by atoms with van der Waals surface area (Å²) >= 11 is 0. The van der Waals surface area contributed by atoms with Crippen molar-refractivity contribution in [1.29, 1.82) is 0 Å². The van der Waals surface area contributed by atoms with E-state index in [4.69, 9.17) is 4.74 Å². The average molecular weight is 299 g/mol. The van der Waals surface area contributed by atoms with Crippen LogP contribution in [0.2, 0.25) is 0 Å². The molecule has 1 aliphatic rings. The molecule has 2 aromatic heterocycles. The third-order valence-electron chi connectivity index (χ3n) is 3.45. The van der Waals surface area contributed by atoms with Gasteiger partial charge in [-0.3, -0.25) is 4.98 Å². The minimum atomic E-state index is -0.398. The van der Waals surface area contributed by atoms with Gasteiger partial charge in [0, 0.05) is 18.1 Å². The molecule has 114 valence electrons. The molecule has 0 saturated carbocycles. The summed E-state index contributed by atoms with van der Waals surface area (Å²) in [4.78, 5) is 20.9. The standard InChI is InChI=1S/C15H17N5O2/c1-4-22-14(21)12-9(2)17-15-18-10(3)19-20(15)13(12)11-6-5-7-16-8-11/h5-8,13H,4H2,1-3H3,(H,17,18,19)/t13-/m0/s1. The SMILES string of the molecule is CCOC(=O)C1=C(C)Nc2nc(C)nn2[C@H]1c1cccnc1. The topological polar surface area (TPSA) is 81.9 Å². The Hall–Kier alpha value is -2.70. The van der Waals surface area contributed by atoms with Crippen LogP contribution >= 0.6 is 0 Å². The van der Waals surface area contributed by atoms with Gasteiger partial charge in [-0.1, -0.05) is 6.07 Å². The molecule has 0 amide bonds. The number of hydrogen-bond acceptors (Lipinski definition) is 6. The van der Waals surface area contributed by atoms with E-state index in [1.54, 1.807) is 24.0 Å². The molecular formula is C15H17N5O2. The summed E-state index contributed by atoms with van der Waals surface area (Å²) in [5.74, 6) is 0.881. The number of ether oxygens (including phenoxy) is 1. The lowest BCUT2D eigenvalue weighted by Crippen LogP contribution is -2.29. The first-order chi connectivity index (χ1) is 10.6. The summed E-state index contributed by atoms with van der Waals surface area (Å²) in [5.41, 5.74) is 2.09. The first-order valence-electron chi connectivity index (χ1n) is 7.09. The van der Waals surface area contributed by atoms with Crippen LogP contribution in [-0.2, 0) is 9.53 Å². The molecule has 22 heavy (non-hydrogen) atoms. The Morgan fingerprint density at radius 1 is 1.45 bits per heavy atom. The Bertz CT molecular complexity index is 736. The Morgan fingerprint density at radius 2 is 2.27 bits per heavy atom. The Balaban J connectivity index is 2.16. The minimum Gasteiger partial charge on any atom is -0.463 e. The zero-order valence-electron chi connectivity index (χ0n) is 12.7. The number of fused-ring (bicyclic) bond motifs is 1. The van der Waals surface area contributed by atoms with Crippen molar-refractivity contribution in [3.8, 4) is 0 Å². The smallest absolute Gasteiger partial charge is 0.338 e. The third-order valence-corrected chi connectivity index (χ3v) is 3.45. The number of nitrogens with zero attached hydrogens (tertiary/aromatic N) is 4. The van der Waals surface area contributed by atoms with Crippen molar-refractivity contribution in [2.45, 2.75) is 26.8 Å². The molecule has 0 fully saturated rings. The molecule has 2 aromatic rings. The van der Waals surface area contributed by atoms with E-state index >= 15 is 0 Å². The lowest BCUT2D eigenvalue weighted by molar-refractivity contribution is -0.139. The molecule has 3 rings (SSSR count). The Morgan fingerprint density at radius 3 is 2.95 bits per heavy atom. The first kappa shape index (κ1) is 14.2. The van der Waals surface area contributed by atoms with Crippen LogP contribution < -0.4 is 5.32 Å². The van der Waals surface area contributed by atoms with Crippen LogP contribution in [0.5, 0.6) is 0 Å². The predicted octanol–water partition coefficient (Wildman–Crippen LogP) is 1.83. The quantitative estimate of drug-likeness (QED) is 0.871. The van der Waals surface area contributed by atoms with Gasteiger partial charge in [-0.25, -0.2) is 9.48 Å². The van der Waals surface area contributed by atoms with Crippen LogP contribution in [0, 0.1) is 6.92 Å². The first-order valence-corrected chi connectivity index (χ1v) is 7.09. The van der Waals surface area contributed by atoms with Crippen LogP contribution in [0.1, 0.15) is 31.3 Å². The zero-order chi connectivity index (χ0) is 15.7. The van der Waals surface area contributed by atoms with Gasteiger partial charge >= 0.3 is 5.97 Å². The number of carbonyl (C=O) groups is 1. The zero-order valence-corrected chi connectivity index (χ0v) is 12.7. The monoisotopic (exact) mass is 299 g/mol. The Labute approximate surface area is 128 Å². The maximum absolute atomic E-state index is 12.4. The van der Waals surface area contributed by atoms with E-state index in [2.05, 4.69) is 20.4 Å².